The maximum Gasteiger partial charge on any atom is 0.414 e. The van der Waals surface area contributed by atoms with Gasteiger partial charge in [-0.3, -0.25) is 9.88 Å². The average Bonchev–Trinajstić information content (AvgIpc) is 3.36. The molecule has 1 saturated heterocycles. The number of nitrogens with zero attached hydrogens (tertiary/aromatic N) is 4. The zero-order valence-electron chi connectivity index (χ0n) is 14.7. The fraction of sp³-hybridized carbons (Fsp3) is 0.158. The number of anilines is 1. The average molecular weight is 414 g/mol. The van der Waals surface area contributed by atoms with Gasteiger partial charge in [0.2, 0.25) is 0 Å². The van der Waals surface area contributed by atoms with Gasteiger partial charge in [-0.2, -0.15) is 0 Å². The number of isothiocyanates is 1. The third kappa shape index (κ3) is 3.63. The van der Waals surface area contributed by atoms with Crippen molar-refractivity contribution in [3.63, 3.8) is 0 Å². The van der Waals surface area contributed by atoms with Crippen LogP contribution in [0, 0.1) is 11.6 Å². The first-order chi connectivity index (χ1) is 14.1. The lowest BCUT2D eigenvalue weighted by atomic mass is 10.0. The van der Waals surface area contributed by atoms with Gasteiger partial charge in [-0.15, -0.1) is 0 Å². The predicted molar refractivity (Wildman–Crippen MR) is 103 cm³/mol. The number of carbonyl (C=O) groups excluding carboxylic acids is 1. The second-order valence-corrected chi connectivity index (χ2v) is 6.30. The molecule has 29 heavy (non-hydrogen) atoms. The van der Waals surface area contributed by atoms with Crippen molar-refractivity contribution in [1.82, 2.24) is 9.97 Å². The van der Waals surface area contributed by atoms with Gasteiger partial charge in [0.15, 0.2) is 12.2 Å². The number of ether oxygens (including phenoxy) is 1. The number of rotatable bonds is 5. The molecule has 7 nitrogen and oxygen atoms in total. The Morgan fingerprint density at radius 2 is 2.07 bits per heavy atom. The number of carbonyl (C=O) groups is 1. The molecule has 0 aliphatic carbocycles. The van der Waals surface area contributed by atoms with Gasteiger partial charge in [-0.05, 0) is 30.4 Å². The molecule has 1 fully saturated rings. The minimum Gasteiger partial charge on any atom is -0.447 e. The first-order valence-electron chi connectivity index (χ1n) is 8.42. The van der Waals surface area contributed by atoms with E-state index in [9.17, 15) is 13.6 Å². The topological polar surface area (TPSA) is 80.8 Å². The summed E-state index contributed by atoms with van der Waals surface area (Å²) in [5.74, 6) is -1.25. The minimum absolute atomic E-state index is 0.0297. The summed E-state index contributed by atoms with van der Waals surface area (Å²) in [6.45, 7) is 0.157. The van der Waals surface area contributed by atoms with E-state index in [1.165, 1.54) is 24.9 Å². The van der Waals surface area contributed by atoms with Crippen LogP contribution < -0.4 is 4.90 Å². The number of amides is 1. The molecule has 0 bridgehead atoms. The number of benzene rings is 1. The van der Waals surface area contributed by atoms with Crippen molar-refractivity contribution in [3.05, 3.63) is 54.7 Å². The highest BCUT2D eigenvalue weighted by Crippen LogP contribution is 2.33. The zero-order chi connectivity index (χ0) is 20.4. The molecule has 1 aliphatic heterocycles. The molecule has 1 amide bonds. The SMILES string of the molecule is O=C1OCC(CN=C=S)N1c1cc(F)c(-c2ccc(-c3cnco3)nc2)c(F)c1. The second kappa shape index (κ2) is 7.86. The van der Waals surface area contributed by atoms with Gasteiger partial charge in [-0.1, -0.05) is 6.07 Å². The first kappa shape index (κ1) is 18.9. The predicted octanol–water partition coefficient (Wildman–Crippen LogP) is 4.11. The van der Waals surface area contributed by atoms with Crippen LogP contribution in [0.25, 0.3) is 22.6 Å². The molecule has 1 aromatic carbocycles. The molecule has 0 saturated carbocycles. The van der Waals surface area contributed by atoms with Gasteiger partial charge >= 0.3 is 6.09 Å². The lowest BCUT2D eigenvalue weighted by Crippen LogP contribution is -2.35. The van der Waals surface area contributed by atoms with Crippen LogP contribution in [0.2, 0.25) is 0 Å². The van der Waals surface area contributed by atoms with E-state index < -0.39 is 23.8 Å². The Bertz CT molecular complexity index is 1080. The van der Waals surface area contributed by atoms with Gasteiger partial charge in [0, 0.05) is 11.8 Å². The molecule has 1 unspecified atom stereocenters. The van der Waals surface area contributed by atoms with E-state index in [-0.39, 0.29) is 30.0 Å². The molecule has 146 valence electrons. The summed E-state index contributed by atoms with van der Waals surface area (Å²) in [5, 5.41) is 2.20. The highest BCUT2D eigenvalue weighted by atomic mass is 32.1. The Morgan fingerprint density at radius 3 is 2.69 bits per heavy atom. The highest BCUT2D eigenvalue weighted by molar-refractivity contribution is 7.78. The van der Waals surface area contributed by atoms with Crippen molar-refractivity contribution in [1.29, 1.82) is 0 Å². The minimum atomic E-state index is -0.842. The molecule has 10 heteroatoms. The van der Waals surface area contributed by atoms with Crippen LogP contribution >= 0.6 is 12.2 Å². The van der Waals surface area contributed by atoms with Gasteiger partial charge in [0.05, 0.1) is 35.2 Å². The fourth-order valence-electron chi connectivity index (χ4n) is 3.06. The van der Waals surface area contributed by atoms with Crippen LogP contribution in [0.5, 0.6) is 0 Å². The number of halogens is 2. The Balaban J connectivity index is 1.67. The van der Waals surface area contributed by atoms with Crippen LogP contribution in [0.4, 0.5) is 19.3 Å². The number of cyclic esters (lactones) is 1. The number of aliphatic imine (C=N–C) groups is 1. The molecule has 0 spiro atoms. The van der Waals surface area contributed by atoms with Crippen LogP contribution in [0.3, 0.4) is 0 Å². The van der Waals surface area contributed by atoms with Crippen molar-refractivity contribution < 1.29 is 22.7 Å². The molecule has 3 aromatic rings. The quantitative estimate of drug-likeness (QED) is 0.462. The third-order valence-electron chi connectivity index (χ3n) is 4.37. The van der Waals surface area contributed by atoms with Crippen molar-refractivity contribution in [3.8, 4) is 22.6 Å². The Labute approximate surface area is 168 Å². The lowest BCUT2D eigenvalue weighted by molar-refractivity contribution is 0.179. The summed E-state index contributed by atoms with van der Waals surface area (Å²) < 4.78 is 39.7. The van der Waals surface area contributed by atoms with Crippen molar-refractivity contribution in [2.45, 2.75) is 6.04 Å². The monoisotopic (exact) mass is 414 g/mol. The summed E-state index contributed by atoms with van der Waals surface area (Å²) in [7, 11) is 0. The molecule has 1 aliphatic rings. The number of aromatic nitrogens is 2. The van der Waals surface area contributed by atoms with Crippen LogP contribution in [0.1, 0.15) is 0 Å². The molecular weight excluding hydrogens is 402 g/mol. The smallest absolute Gasteiger partial charge is 0.414 e. The fourth-order valence-corrected chi connectivity index (χ4v) is 3.13. The number of hydrogen-bond acceptors (Lipinski definition) is 7. The summed E-state index contributed by atoms with van der Waals surface area (Å²) in [6.07, 6.45) is 3.37. The van der Waals surface area contributed by atoms with E-state index in [2.05, 4.69) is 32.3 Å². The van der Waals surface area contributed by atoms with Gasteiger partial charge in [0.25, 0.3) is 0 Å². The number of hydrogen-bond donors (Lipinski definition) is 0. The van der Waals surface area contributed by atoms with Gasteiger partial charge in [-0.25, -0.2) is 23.6 Å². The molecular formula is C19H12F2N4O3S. The maximum atomic E-state index is 14.8. The molecule has 2 aromatic heterocycles. The highest BCUT2D eigenvalue weighted by Gasteiger charge is 2.35. The molecule has 0 N–H and O–H groups in total. The summed E-state index contributed by atoms with van der Waals surface area (Å²) in [5.41, 5.74) is 0.486. The van der Waals surface area contributed by atoms with E-state index in [0.29, 0.717) is 11.5 Å². The number of oxazole rings is 1. The van der Waals surface area contributed by atoms with Crippen LogP contribution in [0.15, 0.2) is 52.5 Å². The van der Waals surface area contributed by atoms with E-state index in [4.69, 9.17) is 9.15 Å². The lowest BCUT2D eigenvalue weighted by Gasteiger charge is -2.20. The van der Waals surface area contributed by atoms with E-state index >= 15 is 0 Å². The number of pyridine rings is 1. The van der Waals surface area contributed by atoms with Gasteiger partial charge in [0.1, 0.15) is 23.9 Å². The second-order valence-electron chi connectivity index (χ2n) is 6.11. The number of thiocarbonyl (C=S) groups is 1. The molecule has 0 radical (unpaired) electrons. The van der Waals surface area contributed by atoms with Crippen molar-refractivity contribution >= 4 is 29.2 Å². The zero-order valence-corrected chi connectivity index (χ0v) is 15.5. The summed E-state index contributed by atoms with van der Waals surface area (Å²) in [6, 6.07) is 4.71. The Kier molecular flexibility index (Phi) is 5.11. The maximum absolute atomic E-state index is 14.8. The van der Waals surface area contributed by atoms with E-state index in [0.717, 1.165) is 17.0 Å². The van der Waals surface area contributed by atoms with Crippen molar-refractivity contribution in [2.24, 2.45) is 4.99 Å². The Morgan fingerprint density at radius 1 is 1.28 bits per heavy atom. The van der Waals surface area contributed by atoms with Crippen LogP contribution in [-0.4, -0.2) is 40.4 Å². The molecule has 1 atom stereocenters. The summed E-state index contributed by atoms with van der Waals surface area (Å²) >= 11 is 4.52. The largest absolute Gasteiger partial charge is 0.447 e. The molecule has 3 heterocycles. The first-order valence-corrected chi connectivity index (χ1v) is 8.83. The van der Waals surface area contributed by atoms with Crippen molar-refractivity contribution in [2.75, 3.05) is 18.1 Å². The standard InChI is InChI=1S/C19H12F2N4O3S/c20-14-3-12(25-13(6-23-10-29)8-27-19(25)26)4-15(21)18(14)11-1-2-16(24-5-11)17-7-22-9-28-17/h1-5,7,9,13H,6,8H2. The Hall–Kier alpha value is -3.49. The summed E-state index contributed by atoms with van der Waals surface area (Å²) in [4.78, 5) is 24.9. The normalized spacial score (nSPS) is 15.9. The van der Waals surface area contributed by atoms with E-state index in [1.807, 2.05) is 0 Å². The van der Waals surface area contributed by atoms with E-state index in [1.54, 1.807) is 6.07 Å². The molecule has 4 rings (SSSR count). The van der Waals surface area contributed by atoms with Crippen LogP contribution in [-0.2, 0) is 4.74 Å². The third-order valence-corrected chi connectivity index (χ3v) is 4.50. The van der Waals surface area contributed by atoms with Gasteiger partial charge < -0.3 is 9.15 Å².